The first kappa shape index (κ1) is 2.45. The van der Waals surface area contributed by atoms with Crippen LogP contribution in [-0.2, 0) is 0 Å². The van der Waals surface area contributed by atoms with Gasteiger partial charge in [-0.15, -0.1) is 0 Å². The van der Waals surface area contributed by atoms with Crippen LogP contribution in [0.15, 0.2) is 23.0 Å². The Kier molecular flexibility index (Phi) is 0.477. The topological polar surface area (TPSA) is 13.1 Å². The normalized spacial score (nSPS) is 11.2. The molecule has 32 valence electrons. The zero-order chi connectivity index (χ0) is 5.28. The van der Waals surface area contributed by atoms with Crippen molar-refractivity contribution < 1.29 is 5.79 Å². The van der Waals surface area contributed by atoms with Crippen molar-refractivity contribution in [3.63, 3.8) is 0 Å². The summed E-state index contributed by atoms with van der Waals surface area (Å²) in [5, 5.41) is 0. The number of hydrogen-bond donors (Lipinski definition) is 0. The van der Waals surface area contributed by atoms with E-state index in [9.17, 15) is 0 Å². The minimum atomic E-state index is 0.264. The van der Waals surface area contributed by atoms with Gasteiger partial charge in [-0.3, -0.25) is 0 Å². The Labute approximate surface area is 38.0 Å². The molecule has 1 heteroatoms. The van der Waals surface area contributed by atoms with E-state index in [1.807, 2.05) is 6.92 Å². The summed E-state index contributed by atoms with van der Waals surface area (Å²) in [5.74, 6) is 0. The van der Waals surface area contributed by atoms with Crippen LogP contribution in [0, 0.1) is 6.92 Å². The van der Waals surface area contributed by atoms with Crippen LogP contribution in [0.4, 0.5) is 0 Å². The highest BCUT2D eigenvalue weighted by atomic mass is 16.3. The third kappa shape index (κ3) is 0.432. The molecule has 0 saturated heterocycles. The molecule has 0 aliphatic carbocycles. The zero-order valence-electron chi connectivity index (χ0n) is 4.56. The van der Waals surface area contributed by atoms with Gasteiger partial charge in [-0.05, 0) is 18.6 Å². The lowest BCUT2D eigenvalue weighted by Crippen LogP contribution is -1.48. The second kappa shape index (κ2) is 1.17. The smallest absolute Gasteiger partial charge is 0.105 e. The lowest BCUT2D eigenvalue weighted by molar-refractivity contribution is 0.565. The molecule has 0 N–H and O–H groups in total. The average Bonchev–Trinajstić information content (AvgIpc) is 1.91. The molecule has 0 amide bonds. The Morgan fingerprint density at radius 3 is 3.00 bits per heavy atom. The lowest BCUT2D eigenvalue weighted by atomic mass is 10.4. The van der Waals surface area contributed by atoms with E-state index in [1.165, 1.54) is 6.26 Å². The molecule has 0 spiro atoms. The first-order valence-electron chi connectivity index (χ1n) is 2.31. The molecular weight excluding hydrogens is 76.1 g/mol. The maximum Gasteiger partial charge on any atom is 0.105 e. The van der Waals surface area contributed by atoms with Gasteiger partial charge in [0.2, 0.25) is 0 Å². The minimum Gasteiger partial charge on any atom is -0.472 e. The summed E-state index contributed by atoms with van der Waals surface area (Å²) in [5.41, 5.74) is 0.889. The largest absolute Gasteiger partial charge is 0.472 e. The van der Waals surface area contributed by atoms with E-state index in [2.05, 4.69) is 4.42 Å². The van der Waals surface area contributed by atoms with Crippen molar-refractivity contribution in [3.05, 3.63) is 24.1 Å². The highest BCUT2D eigenvalue weighted by Crippen LogP contribution is 1.93. The number of aryl methyl sites for hydroxylation is 1. The molecule has 6 heavy (non-hydrogen) atoms. The third-order valence-electron chi connectivity index (χ3n) is 0.606. The molecule has 1 heterocycles. The van der Waals surface area contributed by atoms with Crippen LogP contribution in [0.25, 0.3) is 0 Å². The van der Waals surface area contributed by atoms with E-state index in [-0.39, 0.29) is 6.24 Å². The quantitative estimate of drug-likeness (QED) is 0.464. The molecule has 1 aromatic rings. The second-order valence-electron chi connectivity index (χ2n) is 1.21. The molecule has 0 radical (unpaired) electrons. The first-order chi connectivity index (χ1) is 3.30. The van der Waals surface area contributed by atoms with E-state index < -0.39 is 0 Å². The van der Waals surface area contributed by atoms with Crippen LogP contribution in [0.5, 0.6) is 0 Å². The molecule has 1 rings (SSSR count). The van der Waals surface area contributed by atoms with Gasteiger partial charge >= 0.3 is 0 Å². The van der Waals surface area contributed by atoms with Gasteiger partial charge in [0, 0.05) is 0 Å². The van der Waals surface area contributed by atoms with Crippen molar-refractivity contribution in [2.45, 2.75) is 6.92 Å². The minimum absolute atomic E-state index is 0.264. The summed E-state index contributed by atoms with van der Waals surface area (Å²) >= 11 is 0. The van der Waals surface area contributed by atoms with Gasteiger partial charge in [-0.2, -0.15) is 0 Å². The molecule has 1 nitrogen and oxygen atoms in total. The lowest BCUT2D eigenvalue weighted by Gasteiger charge is -1.63. The SMILES string of the molecule is [2H]c1occc1C. The van der Waals surface area contributed by atoms with Crippen molar-refractivity contribution in [2.75, 3.05) is 0 Å². The van der Waals surface area contributed by atoms with Crippen LogP contribution in [0.3, 0.4) is 0 Å². The molecule has 0 atom stereocenters. The second-order valence-corrected chi connectivity index (χ2v) is 1.21. The van der Waals surface area contributed by atoms with Crippen LogP contribution in [0.1, 0.15) is 6.93 Å². The van der Waals surface area contributed by atoms with Crippen molar-refractivity contribution in [1.82, 2.24) is 0 Å². The summed E-state index contributed by atoms with van der Waals surface area (Å²) in [6.07, 6.45) is 1.78. The standard InChI is InChI=1S/C5H6O/c1-5-2-3-6-4-5/h2-4H,1H3/i4D. The first-order valence-corrected chi connectivity index (χ1v) is 1.81. The fourth-order valence-electron chi connectivity index (χ4n) is 0.297. The Hall–Kier alpha value is -0.720. The maximum absolute atomic E-state index is 6.93. The van der Waals surface area contributed by atoms with Crippen LogP contribution in [-0.4, -0.2) is 0 Å². The fraction of sp³-hybridized carbons (Fsp3) is 0.200. The molecule has 0 bridgehead atoms. The summed E-state index contributed by atoms with van der Waals surface area (Å²) in [7, 11) is 0. The van der Waals surface area contributed by atoms with Gasteiger partial charge in [0.05, 0.1) is 12.5 Å². The number of hydrogen-bond acceptors (Lipinski definition) is 1. The van der Waals surface area contributed by atoms with E-state index in [1.54, 1.807) is 6.07 Å². The van der Waals surface area contributed by atoms with E-state index in [0.29, 0.717) is 0 Å². The summed E-state index contributed by atoms with van der Waals surface area (Å²) < 4.78 is 11.6. The fourth-order valence-corrected chi connectivity index (χ4v) is 0.297. The van der Waals surface area contributed by atoms with Crippen LogP contribution in [0.2, 0.25) is 0 Å². The third-order valence-corrected chi connectivity index (χ3v) is 0.606. The van der Waals surface area contributed by atoms with Crippen molar-refractivity contribution >= 4 is 0 Å². The predicted molar refractivity (Wildman–Crippen MR) is 23.4 cm³/mol. The van der Waals surface area contributed by atoms with Crippen molar-refractivity contribution in [3.8, 4) is 0 Å². The van der Waals surface area contributed by atoms with Crippen LogP contribution < -0.4 is 0 Å². The highest BCUT2D eigenvalue weighted by Gasteiger charge is 1.75. The zero-order valence-corrected chi connectivity index (χ0v) is 3.56. The Bertz CT molecular complexity index is 140. The van der Waals surface area contributed by atoms with Gasteiger partial charge in [-0.25, -0.2) is 0 Å². The summed E-state index contributed by atoms with van der Waals surface area (Å²) in [6, 6.07) is 1.77. The van der Waals surface area contributed by atoms with Gasteiger partial charge in [0.1, 0.15) is 1.37 Å². The Balaban J connectivity index is 3.12. The highest BCUT2D eigenvalue weighted by molar-refractivity contribution is 5.00. The number of rotatable bonds is 0. The molecule has 0 aliphatic heterocycles. The summed E-state index contributed by atoms with van der Waals surface area (Å²) in [6.45, 7) is 1.84. The molecule has 0 unspecified atom stereocenters. The Morgan fingerprint density at radius 1 is 2.00 bits per heavy atom. The number of furan rings is 1. The van der Waals surface area contributed by atoms with E-state index >= 15 is 0 Å². The maximum atomic E-state index is 6.93. The van der Waals surface area contributed by atoms with E-state index in [0.717, 1.165) is 5.56 Å². The van der Waals surface area contributed by atoms with Gasteiger partial charge in [0.15, 0.2) is 0 Å². The average molecular weight is 83.1 g/mol. The molecule has 0 aromatic carbocycles. The predicted octanol–water partition coefficient (Wildman–Crippen LogP) is 1.59. The van der Waals surface area contributed by atoms with E-state index in [4.69, 9.17) is 1.37 Å². The molecule has 1 aromatic heterocycles. The Morgan fingerprint density at radius 2 is 2.83 bits per heavy atom. The van der Waals surface area contributed by atoms with Crippen molar-refractivity contribution in [1.29, 1.82) is 0 Å². The van der Waals surface area contributed by atoms with Gasteiger partial charge in [0.25, 0.3) is 0 Å². The van der Waals surface area contributed by atoms with Gasteiger partial charge < -0.3 is 4.42 Å². The molecule has 0 saturated carbocycles. The molecule has 0 aliphatic rings. The van der Waals surface area contributed by atoms with Gasteiger partial charge in [-0.1, -0.05) is 0 Å². The van der Waals surface area contributed by atoms with Crippen molar-refractivity contribution in [2.24, 2.45) is 0 Å². The summed E-state index contributed by atoms with van der Waals surface area (Å²) in [4.78, 5) is 0. The monoisotopic (exact) mass is 83.0 g/mol. The molecular formula is C5H6O. The molecule has 0 fully saturated rings. The van der Waals surface area contributed by atoms with Crippen LogP contribution >= 0.6 is 0 Å².